The van der Waals surface area contributed by atoms with Crippen LogP contribution in [-0.2, 0) is 47.5 Å². The normalized spacial score (nSPS) is 24.0. The van der Waals surface area contributed by atoms with Crippen molar-refractivity contribution >= 4 is 17.9 Å². The third-order valence-corrected chi connectivity index (χ3v) is 3.81. The number of hydrogen-bond donors (Lipinski definition) is 0. The van der Waals surface area contributed by atoms with Crippen LogP contribution in [0.25, 0.3) is 0 Å². The van der Waals surface area contributed by atoms with Crippen molar-refractivity contribution in [2.75, 3.05) is 39.6 Å². The Morgan fingerprint density at radius 1 is 0.862 bits per heavy atom. The van der Waals surface area contributed by atoms with E-state index in [0.717, 1.165) is 6.42 Å². The molecule has 29 heavy (non-hydrogen) atoms. The Morgan fingerprint density at radius 2 is 1.48 bits per heavy atom. The molecular weight excluding hydrogens is 388 g/mol. The van der Waals surface area contributed by atoms with E-state index in [9.17, 15) is 14.4 Å². The van der Waals surface area contributed by atoms with E-state index in [-0.39, 0.29) is 19.6 Å². The van der Waals surface area contributed by atoms with Crippen molar-refractivity contribution in [2.24, 2.45) is 0 Å². The fourth-order valence-electron chi connectivity index (χ4n) is 2.71. The molecule has 0 radical (unpaired) electrons. The van der Waals surface area contributed by atoms with Crippen LogP contribution in [-0.4, -0.2) is 82.2 Å². The lowest BCUT2D eigenvalue weighted by Crippen LogP contribution is -2.54. The number of carbonyl (C=O) groups excluding carboxylic acids is 3. The zero-order valence-corrected chi connectivity index (χ0v) is 17.5. The summed E-state index contributed by atoms with van der Waals surface area (Å²) < 4.78 is 37.7. The van der Waals surface area contributed by atoms with Gasteiger partial charge in [-0.2, -0.15) is 0 Å². The number of ether oxygens (including phenoxy) is 7. The van der Waals surface area contributed by atoms with Crippen LogP contribution in [0.3, 0.4) is 0 Å². The van der Waals surface area contributed by atoms with Crippen LogP contribution in [0, 0.1) is 0 Å². The van der Waals surface area contributed by atoms with Gasteiger partial charge in [0.25, 0.3) is 0 Å². The van der Waals surface area contributed by atoms with Gasteiger partial charge >= 0.3 is 17.9 Å². The number of carbonyl (C=O) groups is 3. The van der Waals surface area contributed by atoms with Crippen LogP contribution in [0.15, 0.2) is 0 Å². The molecular formula is C19H32O10. The summed E-state index contributed by atoms with van der Waals surface area (Å²) in [7, 11) is 0. The minimum Gasteiger partial charge on any atom is -0.463 e. The van der Waals surface area contributed by atoms with Gasteiger partial charge in [0.1, 0.15) is 18.8 Å². The molecule has 0 amide bonds. The molecule has 0 aromatic rings. The molecule has 4 unspecified atom stereocenters. The van der Waals surface area contributed by atoms with Gasteiger partial charge in [-0.15, -0.1) is 0 Å². The molecule has 4 atom stereocenters. The average Bonchev–Trinajstić information content (AvgIpc) is 2.63. The van der Waals surface area contributed by atoms with Crippen molar-refractivity contribution in [2.45, 2.75) is 65.1 Å². The first-order valence-electron chi connectivity index (χ1n) is 9.73. The van der Waals surface area contributed by atoms with E-state index in [4.69, 9.17) is 33.2 Å². The predicted molar refractivity (Wildman–Crippen MR) is 98.9 cm³/mol. The third-order valence-electron chi connectivity index (χ3n) is 3.81. The number of rotatable bonds is 13. The highest BCUT2D eigenvalue weighted by Crippen LogP contribution is 2.27. The van der Waals surface area contributed by atoms with Crippen molar-refractivity contribution in [3.8, 4) is 0 Å². The molecule has 0 aliphatic carbocycles. The summed E-state index contributed by atoms with van der Waals surface area (Å²) in [6.45, 7) is 7.83. The highest BCUT2D eigenvalue weighted by Gasteiger charge is 2.44. The Kier molecular flexibility index (Phi) is 12.4. The highest BCUT2D eigenvalue weighted by atomic mass is 16.7. The van der Waals surface area contributed by atoms with Gasteiger partial charge in [-0.1, -0.05) is 6.92 Å². The van der Waals surface area contributed by atoms with Gasteiger partial charge in [0.15, 0.2) is 12.4 Å². The van der Waals surface area contributed by atoms with Crippen molar-refractivity contribution in [1.82, 2.24) is 0 Å². The Hall–Kier alpha value is -1.75. The van der Waals surface area contributed by atoms with Crippen molar-refractivity contribution in [3.05, 3.63) is 0 Å². The number of esters is 3. The maximum Gasteiger partial charge on any atom is 0.303 e. The standard InChI is InChI=1S/C19H32O10/c1-5-6-23-7-8-24-9-10-25-18-11-16(27-14(3)21)19(28-15(4)22)17(29-18)12-26-13(2)20/h16-19H,5-12H2,1-4H3. The van der Waals surface area contributed by atoms with Gasteiger partial charge in [-0.3, -0.25) is 14.4 Å². The minimum atomic E-state index is -0.914. The smallest absolute Gasteiger partial charge is 0.303 e. The first kappa shape index (κ1) is 25.3. The van der Waals surface area contributed by atoms with E-state index in [1.807, 2.05) is 6.92 Å². The second-order valence-electron chi connectivity index (χ2n) is 6.46. The molecule has 1 fully saturated rings. The van der Waals surface area contributed by atoms with E-state index in [0.29, 0.717) is 26.4 Å². The molecule has 10 heteroatoms. The topological polar surface area (TPSA) is 116 Å². The Morgan fingerprint density at radius 3 is 2.07 bits per heavy atom. The summed E-state index contributed by atoms with van der Waals surface area (Å²) in [6.07, 6.45) is -2.18. The molecule has 1 saturated heterocycles. The van der Waals surface area contributed by atoms with E-state index in [1.165, 1.54) is 20.8 Å². The molecule has 0 bridgehead atoms. The van der Waals surface area contributed by atoms with Crippen LogP contribution in [0.5, 0.6) is 0 Å². The SMILES string of the molecule is CCCOCCOCCOC1CC(OC(C)=O)C(OC(C)=O)C(COC(C)=O)O1. The second kappa shape index (κ2) is 14.3. The molecule has 1 aliphatic rings. The fourth-order valence-corrected chi connectivity index (χ4v) is 2.71. The van der Waals surface area contributed by atoms with Gasteiger partial charge in [-0.05, 0) is 6.42 Å². The highest BCUT2D eigenvalue weighted by molar-refractivity contribution is 5.67. The van der Waals surface area contributed by atoms with Gasteiger partial charge < -0.3 is 33.2 Å². The monoisotopic (exact) mass is 420 g/mol. The van der Waals surface area contributed by atoms with Crippen LogP contribution >= 0.6 is 0 Å². The Balaban J connectivity index is 2.58. The quantitative estimate of drug-likeness (QED) is 0.243. The largest absolute Gasteiger partial charge is 0.463 e. The third kappa shape index (κ3) is 11.1. The fraction of sp³-hybridized carbons (Fsp3) is 0.842. The van der Waals surface area contributed by atoms with Crippen LogP contribution in [0.1, 0.15) is 40.5 Å². The lowest BCUT2D eigenvalue weighted by atomic mass is 10.0. The summed E-state index contributed by atoms with van der Waals surface area (Å²) in [4.78, 5) is 34.1. The van der Waals surface area contributed by atoms with Gasteiger partial charge in [0, 0.05) is 33.8 Å². The molecule has 0 aromatic heterocycles. The van der Waals surface area contributed by atoms with E-state index >= 15 is 0 Å². The van der Waals surface area contributed by atoms with Crippen molar-refractivity contribution in [3.63, 3.8) is 0 Å². The molecule has 1 heterocycles. The summed E-state index contributed by atoms with van der Waals surface area (Å²) in [5.41, 5.74) is 0. The lowest BCUT2D eigenvalue weighted by Gasteiger charge is -2.39. The zero-order chi connectivity index (χ0) is 21.6. The first-order chi connectivity index (χ1) is 13.8. The molecule has 10 nitrogen and oxygen atoms in total. The molecule has 0 N–H and O–H groups in total. The van der Waals surface area contributed by atoms with Crippen LogP contribution in [0.4, 0.5) is 0 Å². The van der Waals surface area contributed by atoms with E-state index < -0.39 is 42.5 Å². The molecule has 0 aromatic carbocycles. The van der Waals surface area contributed by atoms with Crippen molar-refractivity contribution < 1.29 is 47.5 Å². The minimum absolute atomic E-state index is 0.160. The lowest BCUT2D eigenvalue weighted by molar-refractivity contribution is -0.267. The van der Waals surface area contributed by atoms with Gasteiger partial charge in [0.2, 0.25) is 0 Å². The molecule has 168 valence electrons. The van der Waals surface area contributed by atoms with E-state index in [2.05, 4.69) is 0 Å². The van der Waals surface area contributed by atoms with Crippen LogP contribution < -0.4 is 0 Å². The predicted octanol–water partition coefficient (Wildman–Crippen LogP) is 0.988. The molecule has 0 saturated carbocycles. The van der Waals surface area contributed by atoms with Gasteiger partial charge in [0.05, 0.1) is 26.4 Å². The summed E-state index contributed by atoms with van der Waals surface area (Å²) in [5.74, 6) is -1.61. The molecule has 1 aliphatic heterocycles. The van der Waals surface area contributed by atoms with Crippen molar-refractivity contribution in [1.29, 1.82) is 0 Å². The number of hydrogen-bond acceptors (Lipinski definition) is 10. The Labute approximate surface area is 171 Å². The summed E-state index contributed by atoms with van der Waals surface area (Å²) in [6, 6.07) is 0. The maximum atomic E-state index is 11.5. The van der Waals surface area contributed by atoms with Gasteiger partial charge in [-0.25, -0.2) is 0 Å². The molecule has 0 spiro atoms. The zero-order valence-electron chi connectivity index (χ0n) is 17.5. The first-order valence-corrected chi connectivity index (χ1v) is 9.73. The summed E-state index contributed by atoms with van der Waals surface area (Å²) >= 11 is 0. The van der Waals surface area contributed by atoms with Crippen LogP contribution in [0.2, 0.25) is 0 Å². The summed E-state index contributed by atoms with van der Waals surface area (Å²) in [5, 5.41) is 0. The molecule has 1 rings (SSSR count). The maximum absolute atomic E-state index is 11.5. The average molecular weight is 420 g/mol. The second-order valence-corrected chi connectivity index (χ2v) is 6.46. The Bertz CT molecular complexity index is 509. The van der Waals surface area contributed by atoms with E-state index in [1.54, 1.807) is 0 Å².